The third-order valence-corrected chi connectivity index (χ3v) is 29.4. The summed E-state index contributed by atoms with van der Waals surface area (Å²) in [4.78, 5) is 94.9. The molecule has 16 aliphatic carbocycles. The maximum absolute atomic E-state index is 13.1. The molecule has 3 unspecified atom stereocenters. The Kier molecular flexibility index (Phi) is 74.6. The van der Waals surface area contributed by atoms with Crippen LogP contribution in [0.4, 0.5) is 0 Å². The zero-order chi connectivity index (χ0) is 106. The van der Waals surface area contributed by atoms with Crippen LogP contribution in [0.25, 0.3) is 0 Å². The summed E-state index contributed by atoms with van der Waals surface area (Å²) in [6, 6.07) is -1.80. The molecule has 16 saturated carbocycles. The van der Waals surface area contributed by atoms with E-state index < -0.39 is 115 Å². The second kappa shape index (κ2) is 76.3. The molecule has 3 saturated heterocycles. The molecule has 41 heteroatoms. The number of hydrogen-bond donors (Lipinski definition) is 26. The fourth-order valence-electron chi connectivity index (χ4n) is 25.2. The van der Waals surface area contributed by atoms with Gasteiger partial charge >= 0.3 is 75.9 Å². The van der Waals surface area contributed by atoms with Crippen molar-refractivity contribution in [3.63, 3.8) is 0 Å². The number of aliphatic hydroxyl groups excluding tert-OH is 12. The van der Waals surface area contributed by atoms with Crippen LogP contribution in [0.3, 0.4) is 0 Å². The average molecular weight is 2120 g/mol. The van der Waals surface area contributed by atoms with E-state index in [1.54, 1.807) is 38.5 Å². The Morgan fingerprint density at radius 1 is 0.460 bits per heavy atom. The Balaban J connectivity index is -0.00000159. The number of carboxylic acids is 4. The van der Waals surface area contributed by atoms with Crippen LogP contribution in [0.2, 0.25) is 0 Å². The topological polar surface area (TPSA) is 675 Å². The van der Waals surface area contributed by atoms with Crippen molar-refractivity contribution in [3.8, 4) is 12.8 Å². The number of aliphatic carboxylic acids is 4. The van der Waals surface area contributed by atoms with Gasteiger partial charge in [-0.05, 0) is 318 Å². The summed E-state index contributed by atoms with van der Waals surface area (Å²) < 4.78 is 21.7. The number of aliphatic hydroxyl groups is 12. The molecule has 0 radical (unpaired) electrons. The van der Waals surface area contributed by atoms with Gasteiger partial charge in [0, 0.05) is 105 Å². The third kappa shape index (κ3) is 52.5. The van der Waals surface area contributed by atoms with Gasteiger partial charge in [0.15, 0.2) is 24.7 Å². The summed E-state index contributed by atoms with van der Waals surface area (Å²) in [7, 11) is 15.9. The van der Waals surface area contributed by atoms with Crippen molar-refractivity contribution in [2.45, 2.75) is 365 Å². The van der Waals surface area contributed by atoms with Crippen molar-refractivity contribution in [3.05, 3.63) is 14.1 Å². The molecule has 0 aromatic rings. The zero-order valence-electron chi connectivity index (χ0n) is 84.8. The van der Waals surface area contributed by atoms with Crippen LogP contribution in [0.1, 0.15) is 300 Å². The van der Waals surface area contributed by atoms with E-state index in [2.05, 4.69) is 115 Å². The number of rotatable bonds is 32. The predicted octanol–water partition coefficient (Wildman–Crippen LogP) is 8.31. The van der Waals surface area contributed by atoms with Crippen LogP contribution in [0.5, 0.6) is 0 Å². The number of nitrogens with one attached hydrogen (secondary N) is 4. The van der Waals surface area contributed by atoms with Crippen LogP contribution in [0.15, 0.2) is 0 Å². The van der Waals surface area contributed by atoms with Crippen molar-refractivity contribution in [1.82, 2.24) is 26.8 Å². The van der Waals surface area contributed by atoms with Gasteiger partial charge in [0.05, 0.1) is 50.2 Å². The molecule has 2 amide bonds. The van der Waals surface area contributed by atoms with E-state index >= 15 is 0 Å². The Bertz CT molecular complexity index is 3230. The normalized spacial score (nSPS) is 33.1. The number of carbonyl (C=O) groups is 8. The fraction of sp³-hybridized carbons (Fsp3) is 0.878. The van der Waals surface area contributed by atoms with Gasteiger partial charge in [-0.3, -0.25) is 52.5 Å². The van der Waals surface area contributed by atoms with Crippen molar-refractivity contribution in [2.75, 3.05) is 73.4 Å². The zero-order valence-corrected chi connectivity index (χ0v) is 89.1. The molecule has 19 fully saturated rings. The molecule has 3 aliphatic heterocycles. The second-order valence-electron chi connectivity index (χ2n) is 40.8. The third-order valence-electron chi connectivity index (χ3n) is 29.4. The number of ether oxygens (including phenoxy) is 3. The van der Waals surface area contributed by atoms with Gasteiger partial charge in [-0.15, -0.1) is 25.6 Å². The molecule has 0 aromatic heterocycles. The summed E-state index contributed by atoms with van der Waals surface area (Å²) in [5, 5.41) is 146. The number of ketones is 2. The number of amides is 2. The van der Waals surface area contributed by atoms with Crippen molar-refractivity contribution < 1.29 is 169 Å². The summed E-state index contributed by atoms with van der Waals surface area (Å²) >= 11 is 7.22. The van der Waals surface area contributed by atoms with Gasteiger partial charge in [-0.1, -0.05) is 34.1 Å². The number of carbonyl (C=O) groups excluding carboxylic acids is 4. The fourth-order valence-corrected chi connectivity index (χ4v) is 25.2. The van der Waals surface area contributed by atoms with Crippen LogP contribution in [-0.2, 0) is 84.0 Å². The molecule has 16 bridgehead atoms. The molecule has 3 heterocycles. The van der Waals surface area contributed by atoms with E-state index in [0.29, 0.717) is 31.4 Å². The number of thiol groups is 1. The van der Waals surface area contributed by atoms with Gasteiger partial charge in [0.1, 0.15) is 25.5 Å². The second-order valence-corrected chi connectivity index (χ2v) is 41.2. The molecule has 36 nitrogen and oxygen atoms in total. The van der Waals surface area contributed by atoms with Gasteiger partial charge in [-0.2, -0.15) is 0 Å². The van der Waals surface area contributed by atoms with E-state index in [-0.39, 0.29) is 134 Å². The molecule has 19 rings (SSSR count). The number of hydrogen-bond acceptors (Lipinski definition) is 33. The molecule has 139 heavy (non-hydrogen) atoms. The van der Waals surface area contributed by atoms with Crippen molar-refractivity contribution in [1.29, 1.82) is 0 Å². The molecule has 19 aliphatic rings. The van der Waals surface area contributed by atoms with Crippen LogP contribution < -0.4 is 49.8 Å². The summed E-state index contributed by atoms with van der Waals surface area (Å²) in [5.74, 6) is 4.63. The molecule has 0 aromatic carbocycles. The monoisotopic (exact) mass is 2120 g/mol. The minimum atomic E-state index is -1.03. The number of Topliss-reactive ketones (excluding diaryl/α,β-unsaturated/α-hetero) is 2. The van der Waals surface area contributed by atoms with E-state index in [9.17, 15) is 38.4 Å². The Morgan fingerprint density at radius 3 is 1.01 bits per heavy atom. The minimum absolute atomic E-state index is 0. The van der Waals surface area contributed by atoms with Gasteiger partial charge in [0.2, 0.25) is 11.8 Å². The van der Waals surface area contributed by atoms with E-state index in [1.165, 1.54) is 129 Å². The van der Waals surface area contributed by atoms with E-state index in [0.717, 1.165) is 129 Å². The Labute approximate surface area is 863 Å². The predicted molar refractivity (Wildman–Crippen MR) is 534 cm³/mol. The van der Waals surface area contributed by atoms with E-state index in [4.69, 9.17) is 100 Å². The van der Waals surface area contributed by atoms with Gasteiger partial charge in [-0.25, -0.2) is 0 Å². The van der Waals surface area contributed by atoms with Gasteiger partial charge in [0.25, 0.3) is 0 Å². The van der Waals surface area contributed by atoms with Crippen molar-refractivity contribution >= 4 is 80.6 Å². The first-order valence-corrected chi connectivity index (χ1v) is 54.5. The SMILES string of the molecule is CCC.CCCNCC12CC3CC(CC(C3)C1)C2.CCCO.CO.CO.N.NCC12CC3CC(CC(C3)C1)C2.NCC[C@@H](CCC(=O)O)C(=O)N[C@H](CCC(=O)O)C(=O)CCC12CC3CC(CC(C3)C1)C2.N[C@@H](CCC(=O)O)C(=O)C[C@H](CCC(=O)O)C(=O)NCC12CC3CC(CC(C3)C1)C2.OC1C[C@@H](O)[C@@H](O)CO1.OC1C[C@@H](O)[C@@H](O)CO1.OC1C[C@@H](O)[C@@H](O)CO1.[2H]C#C.[CH2-]N.[CH2-]NS.[HH].[S]=[V].[S]=[V]. The van der Waals surface area contributed by atoms with Crippen LogP contribution in [-0.4, -0.2) is 270 Å². The number of carboxylic acid groups (broad SMARTS) is 4. The first kappa shape index (κ1) is 136. The van der Waals surface area contributed by atoms with Gasteiger partial charge < -0.3 is 146 Å². The Hall–Kier alpha value is -3.20. The summed E-state index contributed by atoms with van der Waals surface area (Å²) in [6.07, 6.45) is 36.0. The molecule has 0 spiro atoms. The summed E-state index contributed by atoms with van der Waals surface area (Å²) in [6.45, 7) is 13.2. The van der Waals surface area contributed by atoms with Crippen LogP contribution >= 0.6 is 33.4 Å². The molecule has 31 N–H and O–H groups in total. The summed E-state index contributed by atoms with van der Waals surface area (Å²) in [5.41, 5.74) is 23.3. The van der Waals surface area contributed by atoms with E-state index in [1.807, 2.05) is 38.4 Å². The van der Waals surface area contributed by atoms with Crippen molar-refractivity contribution in [2.24, 2.45) is 127 Å². The number of terminal acetylenes is 1. The standard InChI is InChI=1S/C24H38N2O6.C22H34N2O6.C14H25N.C11H19N.3C5H10O4.C3H8O.C3H8.C2H2.CH4NS.CH4N.2CH4O.H3N.2S.2V.H2/c25-8-6-18(1-3-21(28)29)23(32)26-19(2-4-22(30)31)20(27)5-7-24-12-15-9-16(13-24)11-17(10-15)14-24;23-17(2-4-20(28)29)18(25)8-16(1-3-19(26)27)21(30)24-12-22-9-13-5-14(10-22)7-15(6-13)11-22;1-2-3-15-10-14-7-11-4-12(8-14)6-13(5-11)9-14;12-7-11-4-8-1-9(5-11)3-10(2-8)6-11;3*6-3-1-5(8)9-2-4(3)7;1-2-3-4;1-3-2;1-2;1-2-3;3*1-2;;;;;;/h15-19H,1-14,25H2,(H,26,32)(H,28,29)(H,30,31);13-17H,1-12,23H2,(H,24,30)(H,26,27)(H,28,29);11-13,15H,2-10H2,1H3;8-10H,1-7,12H2;3*3-8H,1-2H2;4H,2-3H2,1H3;3H2,1-2H3;1-2H;2-3H,1H2;1-2H2;2*2H,1H3;1H3;;;;;1H/q;;;;;;;;;;2*-1;;;;;;;;/t15?,16?,17?,18-,19-,24?;13?,14?,15?,16-,17-,22?;;;3*3-,4+,5?;;;;;;;;;;;;;/m10..111............./s1/i;;;;;;;;;1D;;;;;;;;;;. The molecule has 814 valence electrons. The first-order chi connectivity index (χ1) is 66.2. The quantitative estimate of drug-likeness (QED) is 0.0130. The average Bonchev–Trinajstić information content (AvgIpc) is 0.755. The molecule has 13 atom stereocenters. The maximum atomic E-state index is 13.1. The first-order valence-electron chi connectivity index (χ1n) is 50.4. The molecular weight excluding hydrogens is 1930 g/mol. The Morgan fingerprint density at radius 2 is 0.741 bits per heavy atom. The van der Waals surface area contributed by atoms with Crippen LogP contribution in [0, 0.1) is 131 Å². The number of nitrogens with two attached hydrogens (primary N) is 4. The molecular formula is C98H185N9O27S3V2-2.